The summed E-state index contributed by atoms with van der Waals surface area (Å²) >= 11 is 0. The number of pyridine rings is 2. The standard InChI is InChI=1S/C18H18F4N4O/c1-25(16-15(18(20,21)22)5-2-6-24-16)14-4-3-7-26(11-14)17(27)12-8-13(19)10-23-9-12/h2,5-6,8-10,14H,3-4,7,11H2,1H3. The number of likely N-dealkylation sites (tertiary alicyclic amines) is 1. The van der Waals surface area contributed by atoms with E-state index < -0.39 is 23.5 Å². The van der Waals surface area contributed by atoms with Gasteiger partial charge in [0.25, 0.3) is 5.91 Å². The third kappa shape index (κ3) is 4.17. The van der Waals surface area contributed by atoms with Crippen LogP contribution in [0.1, 0.15) is 28.8 Å². The molecular weight excluding hydrogens is 364 g/mol. The molecule has 1 amide bonds. The van der Waals surface area contributed by atoms with Gasteiger partial charge in [0.05, 0.1) is 17.3 Å². The first kappa shape index (κ1) is 19.1. The number of hydrogen-bond donors (Lipinski definition) is 0. The van der Waals surface area contributed by atoms with Crippen LogP contribution in [-0.2, 0) is 6.18 Å². The number of piperidine rings is 1. The van der Waals surface area contributed by atoms with E-state index in [0.29, 0.717) is 19.4 Å². The van der Waals surface area contributed by atoms with Crippen molar-refractivity contribution in [2.24, 2.45) is 0 Å². The molecule has 0 spiro atoms. The van der Waals surface area contributed by atoms with Crippen LogP contribution in [0.5, 0.6) is 0 Å². The smallest absolute Gasteiger partial charge is 0.354 e. The van der Waals surface area contributed by atoms with Gasteiger partial charge in [-0.1, -0.05) is 0 Å². The van der Waals surface area contributed by atoms with Crippen molar-refractivity contribution in [3.05, 3.63) is 53.7 Å². The second kappa shape index (κ2) is 7.50. The highest BCUT2D eigenvalue weighted by Gasteiger charge is 2.37. The summed E-state index contributed by atoms with van der Waals surface area (Å²) in [6.45, 7) is 0.674. The number of anilines is 1. The summed E-state index contributed by atoms with van der Waals surface area (Å²) in [5.74, 6) is -1.18. The van der Waals surface area contributed by atoms with Gasteiger partial charge >= 0.3 is 6.18 Å². The fraction of sp³-hybridized carbons (Fsp3) is 0.389. The molecular formula is C18H18F4N4O. The minimum Gasteiger partial charge on any atom is -0.354 e. The lowest BCUT2D eigenvalue weighted by Crippen LogP contribution is -2.49. The van der Waals surface area contributed by atoms with Crippen molar-refractivity contribution in [2.75, 3.05) is 25.0 Å². The molecule has 9 heteroatoms. The third-order valence-corrected chi connectivity index (χ3v) is 4.61. The van der Waals surface area contributed by atoms with Gasteiger partial charge in [-0.3, -0.25) is 9.78 Å². The van der Waals surface area contributed by atoms with Crippen molar-refractivity contribution >= 4 is 11.7 Å². The van der Waals surface area contributed by atoms with Crippen LogP contribution in [0.2, 0.25) is 0 Å². The van der Waals surface area contributed by atoms with Crippen molar-refractivity contribution in [1.29, 1.82) is 0 Å². The number of nitrogens with zero attached hydrogens (tertiary/aromatic N) is 4. The Hall–Kier alpha value is -2.71. The molecule has 0 aromatic carbocycles. The lowest BCUT2D eigenvalue weighted by Gasteiger charge is -2.38. The van der Waals surface area contributed by atoms with Gasteiger partial charge in [0.1, 0.15) is 11.6 Å². The number of likely N-dealkylation sites (N-methyl/N-ethyl adjacent to an activating group) is 1. The Labute approximate surface area is 153 Å². The van der Waals surface area contributed by atoms with Gasteiger partial charge < -0.3 is 9.80 Å². The predicted octanol–water partition coefficient (Wildman–Crippen LogP) is 3.38. The van der Waals surface area contributed by atoms with Crippen molar-refractivity contribution in [3.8, 4) is 0 Å². The maximum Gasteiger partial charge on any atom is 0.419 e. The maximum atomic E-state index is 13.3. The average Bonchev–Trinajstić information content (AvgIpc) is 2.66. The molecule has 2 aromatic rings. The molecule has 0 saturated carbocycles. The molecule has 5 nitrogen and oxygen atoms in total. The Morgan fingerprint density at radius 1 is 1.33 bits per heavy atom. The first-order valence-electron chi connectivity index (χ1n) is 8.42. The van der Waals surface area contributed by atoms with Crippen LogP contribution >= 0.6 is 0 Å². The van der Waals surface area contributed by atoms with E-state index in [4.69, 9.17) is 0 Å². The number of alkyl halides is 3. The highest BCUT2D eigenvalue weighted by molar-refractivity contribution is 5.94. The van der Waals surface area contributed by atoms with Gasteiger partial charge in [-0.25, -0.2) is 9.37 Å². The summed E-state index contributed by atoms with van der Waals surface area (Å²) < 4.78 is 53.1. The number of aromatic nitrogens is 2. The van der Waals surface area contributed by atoms with Crippen LogP contribution in [-0.4, -0.2) is 47.0 Å². The van der Waals surface area contributed by atoms with Gasteiger partial charge in [-0.2, -0.15) is 13.2 Å². The van der Waals surface area contributed by atoms with Gasteiger partial charge in [-0.05, 0) is 31.0 Å². The second-order valence-electron chi connectivity index (χ2n) is 6.42. The molecule has 3 rings (SSSR count). The molecule has 1 unspecified atom stereocenters. The van der Waals surface area contributed by atoms with Gasteiger partial charge in [-0.15, -0.1) is 0 Å². The number of carbonyl (C=O) groups excluding carboxylic acids is 1. The minimum absolute atomic E-state index is 0.118. The van der Waals surface area contributed by atoms with Crippen LogP contribution in [0.4, 0.5) is 23.4 Å². The molecule has 3 heterocycles. The van der Waals surface area contributed by atoms with E-state index in [9.17, 15) is 22.4 Å². The third-order valence-electron chi connectivity index (χ3n) is 4.61. The number of amides is 1. The fourth-order valence-corrected chi connectivity index (χ4v) is 3.24. The Balaban J connectivity index is 1.80. The molecule has 144 valence electrons. The Morgan fingerprint density at radius 2 is 2.11 bits per heavy atom. The lowest BCUT2D eigenvalue weighted by atomic mass is 10.0. The largest absolute Gasteiger partial charge is 0.419 e. The molecule has 1 aliphatic rings. The molecule has 1 atom stereocenters. The molecule has 1 aliphatic heterocycles. The number of carbonyl (C=O) groups is 1. The maximum absolute atomic E-state index is 13.3. The van der Waals surface area contributed by atoms with Crippen LogP contribution in [0.25, 0.3) is 0 Å². The molecule has 1 fully saturated rings. The van der Waals surface area contributed by atoms with E-state index in [1.807, 2.05) is 0 Å². The Kier molecular flexibility index (Phi) is 5.29. The SMILES string of the molecule is CN(c1ncccc1C(F)(F)F)C1CCCN(C(=O)c2cncc(F)c2)C1. The zero-order valence-corrected chi connectivity index (χ0v) is 14.6. The van der Waals surface area contributed by atoms with E-state index >= 15 is 0 Å². The summed E-state index contributed by atoms with van der Waals surface area (Å²) in [5.41, 5.74) is -0.697. The summed E-state index contributed by atoms with van der Waals surface area (Å²) in [5, 5.41) is 0. The fourth-order valence-electron chi connectivity index (χ4n) is 3.24. The quantitative estimate of drug-likeness (QED) is 0.764. The first-order valence-corrected chi connectivity index (χ1v) is 8.42. The highest BCUT2D eigenvalue weighted by atomic mass is 19.4. The zero-order chi connectivity index (χ0) is 19.6. The Bertz CT molecular complexity index is 827. The van der Waals surface area contributed by atoms with E-state index in [1.54, 1.807) is 7.05 Å². The lowest BCUT2D eigenvalue weighted by molar-refractivity contribution is -0.137. The van der Waals surface area contributed by atoms with Crippen molar-refractivity contribution in [3.63, 3.8) is 0 Å². The molecule has 0 radical (unpaired) electrons. The molecule has 27 heavy (non-hydrogen) atoms. The summed E-state index contributed by atoms with van der Waals surface area (Å²) in [4.78, 5) is 23.1. The summed E-state index contributed by atoms with van der Waals surface area (Å²) in [7, 11) is 1.54. The molecule has 0 aliphatic carbocycles. The molecule has 0 N–H and O–H groups in total. The van der Waals surface area contributed by atoms with Crippen LogP contribution in [0, 0.1) is 5.82 Å². The number of halogens is 4. The van der Waals surface area contributed by atoms with Crippen molar-refractivity contribution in [2.45, 2.75) is 25.1 Å². The summed E-state index contributed by atoms with van der Waals surface area (Å²) in [6, 6.07) is 3.00. The predicted molar refractivity (Wildman–Crippen MR) is 90.8 cm³/mol. The van der Waals surface area contributed by atoms with Crippen molar-refractivity contribution < 1.29 is 22.4 Å². The van der Waals surface area contributed by atoms with Gasteiger partial charge in [0.2, 0.25) is 0 Å². The van der Waals surface area contributed by atoms with E-state index in [2.05, 4.69) is 9.97 Å². The van der Waals surface area contributed by atoms with E-state index in [-0.39, 0.29) is 24.0 Å². The minimum atomic E-state index is -4.52. The van der Waals surface area contributed by atoms with Crippen molar-refractivity contribution in [1.82, 2.24) is 14.9 Å². The normalized spacial score (nSPS) is 17.7. The zero-order valence-electron chi connectivity index (χ0n) is 14.6. The Morgan fingerprint density at radius 3 is 2.81 bits per heavy atom. The van der Waals surface area contributed by atoms with Crippen LogP contribution < -0.4 is 4.90 Å². The second-order valence-corrected chi connectivity index (χ2v) is 6.42. The van der Waals surface area contributed by atoms with Crippen LogP contribution in [0.15, 0.2) is 36.8 Å². The average molecular weight is 382 g/mol. The topological polar surface area (TPSA) is 49.3 Å². The van der Waals surface area contributed by atoms with Gasteiger partial charge in [0.15, 0.2) is 0 Å². The highest BCUT2D eigenvalue weighted by Crippen LogP contribution is 2.36. The molecule has 0 bridgehead atoms. The number of rotatable bonds is 3. The number of hydrogen-bond acceptors (Lipinski definition) is 4. The first-order chi connectivity index (χ1) is 12.8. The molecule has 2 aromatic heterocycles. The van der Waals surface area contributed by atoms with E-state index in [1.165, 1.54) is 28.3 Å². The van der Waals surface area contributed by atoms with Gasteiger partial charge in [0, 0.05) is 38.6 Å². The van der Waals surface area contributed by atoms with E-state index in [0.717, 1.165) is 18.3 Å². The summed E-state index contributed by atoms with van der Waals surface area (Å²) in [6.07, 6.45) is 0.316. The monoisotopic (exact) mass is 382 g/mol. The molecule has 1 saturated heterocycles. The van der Waals surface area contributed by atoms with Crippen LogP contribution in [0.3, 0.4) is 0 Å².